The molecule has 1 N–H and O–H groups in total. The third kappa shape index (κ3) is 2.02. The molecule has 6 nitrogen and oxygen atoms in total. The lowest BCUT2D eigenvalue weighted by atomic mass is 10.1. The maximum Gasteiger partial charge on any atom is 0.291 e. The smallest absolute Gasteiger partial charge is 0.291 e. The molecule has 2 aliphatic rings. The summed E-state index contributed by atoms with van der Waals surface area (Å²) in [7, 11) is 0. The first-order chi connectivity index (χ1) is 8.75. The largest absolute Gasteiger partial charge is 0.438 e. The predicted molar refractivity (Wildman–Crippen MR) is 65.4 cm³/mol. The zero-order valence-electron chi connectivity index (χ0n) is 10.6. The molecule has 0 unspecified atom stereocenters. The Balaban J connectivity index is 1.59. The van der Waals surface area contributed by atoms with E-state index < -0.39 is 0 Å². The number of carbonyl (C=O) groups excluding carboxylic acids is 1. The molecule has 2 aliphatic heterocycles. The molecule has 1 aromatic rings. The molecule has 0 saturated carbocycles. The molecule has 0 radical (unpaired) electrons. The van der Waals surface area contributed by atoms with Crippen molar-refractivity contribution in [3.63, 3.8) is 0 Å². The first kappa shape index (κ1) is 11.7. The Labute approximate surface area is 106 Å². The number of hydrogen-bond acceptors (Lipinski definition) is 5. The number of amides is 1. The van der Waals surface area contributed by atoms with Crippen LogP contribution in [-0.4, -0.2) is 66.0 Å². The van der Waals surface area contributed by atoms with Crippen molar-refractivity contribution in [1.82, 2.24) is 20.1 Å². The number of hydrogen-bond donors (Lipinski definition) is 1. The van der Waals surface area contributed by atoms with Crippen LogP contribution in [0.25, 0.3) is 0 Å². The van der Waals surface area contributed by atoms with Gasteiger partial charge in [-0.3, -0.25) is 9.69 Å². The second kappa shape index (κ2) is 4.70. The number of oxazole rings is 1. The quantitative estimate of drug-likeness (QED) is 0.781. The van der Waals surface area contributed by atoms with Crippen LogP contribution >= 0.6 is 0 Å². The molecule has 98 valence electrons. The lowest BCUT2D eigenvalue weighted by Crippen LogP contribution is -2.62. The van der Waals surface area contributed by atoms with Crippen molar-refractivity contribution in [2.45, 2.75) is 13.0 Å². The van der Waals surface area contributed by atoms with E-state index in [2.05, 4.69) is 15.2 Å². The Morgan fingerprint density at radius 3 is 2.61 bits per heavy atom. The zero-order valence-corrected chi connectivity index (χ0v) is 10.6. The highest BCUT2D eigenvalue weighted by atomic mass is 16.3. The number of carbonyl (C=O) groups is 1. The summed E-state index contributed by atoms with van der Waals surface area (Å²) >= 11 is 0. The highest BCUT2D eigenvalue weighted by Gasteiger charge is 2.30. The Morgan fingerprint density at radius 2 is 2.11 bits per heavy atom. The summed E-state index contributed by atoms with van der Waals surface area (Å²) in [5.41, 5.74) is 0.672. The van der Waals surface area contributed by atoms with Crippen LogP contribution in [-0.2, 0) is 0 Å². The van der Waals surface area contributed by atoms with Gasteiger partial charge in [-0.25, -0.2) is 4.98 Å². The second-order valence-electron chi connectivity index (χ2n) is 4.91. The van der Waals surface area contributed by atoms with Gasteiger partial charge in [-0.15, -0.1) is 0 Å². The van der Waals surface area contributed by atoms with Gasteiger partial charge in [0.05, 0.1) is 5.69 Å². The fraction of sp³-hybridized carbons (Fsp3) is 0.667. The third-order valence-electron chi connectivity index (χ3n) is 3.82. The van der Waals surface area contributed by atoms with Crippen molar-refractivity contribution in [3.05, 3.63) is 17.8 Å². The normalized spacial score (nSPS) is 21.9. The summed E-state index contributed by atoms with van der Waals surface area (Å²) in [4.78, 5) is 20.5. The van der Waals surface area contributed by atoms with Crippen LogP contribution in [0.3, 0.4) is 0 Å². The van der Waals surface area contributed by atoms with E-state index in [-0.39, 0.29) is 5.91 Å². The van der Waals surface area contributed by atoms with Crippen LogP contribution in [0, 0.1) is 6.92 Å². The maximum absolute atomic E-state index is 12.2. The molecule has 3 rings (SSSR count). The summed E-state index contributed by atoms with van der Waals surface area (Å²) in [5.74, 6) is 0.352. The molecule has 3 heterocycles. The van der Waals surface area contributed by atoms with Crippen LogP contribution in [0.15, 0.2) is 10.8 Å². The van der Waals surface area contributed by atoms with Gasteiger partial charge in [-0.1, -0.05) is 0 Å². The van der Waals surface area contributed by atoms with Gasteiger partial charge in [0.25, 0.3) is 5.91 Å². The standard InChI is InChI=1S/C12H18N4O2/c1-9-11(18-8-14-9)12(17)16-4-2-15(3-5-16)10-6-13-7-10/h8,10,13H,2-7H2,1H3. The second-order valence-corrected chi connectivity index (χ2v) is 4.91. The van der Waals surface area contributed by atoms with Crippen molar-refractivity contribution < 1.29 is 9.21 Å². The highest BCUT2D eigenvalue weighted by Crippen LogP contribution is 2.14. The van der Waals surface area contributed by atoms with E-state index in [9.17, 15) is 4.79 Å². The van der Waals surface area contributed by atoms with E-state index >= 15 is 0 Å². The number of nitrogens with zero attached hydrogens (tertiary/aromatic N) is 3. The minimum absolute atomic E-state index is 0.0311. The Morgan fingerprint density at radius 1 is 1.39 bits per heavy atom. The van der Waals surface area contributed by atoms with E-state index in [1.165, 1.54) is 6.39 Å². The Kier molecular flexibility index (Phi) is 3.05. The molecule has 1 aromatic heterocycles. The number of nitrogens with one attached hydrogen (secondary N) is 1. The molecule has 6 heteroatoms. The van der Waals surface area contributed by atoms with Gasteiger partial charge in [-0.05, 0) is 6.92 Å². The first-order valence-corrected chi connectivity index (χ1v) is 6.40. The fourth-order valence-corrected chi connectivity index (χ4v) is 2.47. The SMILES string of the molecule is Cc1ncoc1C(=O)N1CCN(C2CNC2)CC1. The van der Waals surface area contributed by atoms with E-state index in [4.69, 9.17) is 4.42 Å². The van der Waals surface area contributed by atoms with Crippen LogP contribution in [0.1, 0.15) is 16.2 Å². The van der Waals surface area contributed by atoms with Gasteiger partial charge in [0.1, 0.15) is 0 Å². The Bertz CT molecular complexity index is 433. The Hall–Kier alpha value is -1.40. The van der Waals surface area contributed by atoms with E-state index in [1.54, 1.807) is 6.92 Å². The molecule has 2 saturated heterocycles. The first-order valence-electron chi connectivity index (χ1n) is 6.40. The van der Waals surface area contributed by atoms with E-state index in [0.29, 0.717) is 17.5 Å². The van der Waals surface area contributed by atoms with Gasteiger partial charge < -0.3 is 14.6 Å². The minimum Gasteiger partial charge on any atom is -0.438 e. The fourth-order valence-electron chi connectivity index (χ4n) is 2.47. The topological polar surface area (TPSA) is 61.6 Å². The molecule has 0 bridgehead atoms. The van der Waals surface area contributed by atoms with E-state index in [1.807, 2.05) is 4.90 Å². The molecule has 0 aromatic carbocycles. The average molecular weight is 250 g/mol. The summed E-state index contributed by atoms with van der Waals surface area (Å²) in [6.07, 6.45) is 1.33. The molecule has 0 aliphatic carbocycles. The number of rotatable bonds is 2. The summed E-state index contributed by atoms with van der Waals surface area (Å²) in [6, 6.07) is 0.661. The highest BCUT2D eigenvalue weighted by molar-refractivity contribution is 5.92. The number of aryl methyl sites for hydroxylation is 1. The van der Waals surface area contributed by atoms with Gasteiger partial charge in [-0.2, -0.15) is 0 Å². The zero-order chi connectivity index (χ0) is 12.5. The van der Waals surface area contributed by atoms with Gasteiger partial charge in [0, 0.05) is 45.3 Å². The number of piperazine rings is 1. The molecule has 0 atom stereocenters. The minimum atomic E-state index is -0.0311. The molecule has 0 spiro atoms. The molecular weight excluding hydrogens is 232 g/mol. The maximum atomic E-state index is 12.2. The van der Waals surface area contributed by atoms with Crippen LogP contribution in [0.4, 0.5) is 0 Å². The molecule has 1 amide bonds. The summed E-state index contributed by atoms with van der Waals surface area (Å²) < 4.78 is 5.16. The monoisotopic (exact) mass is 250 g/mol. The average Bonchev–Trinajstić information content (AvgIpc) is 2.73. The summed E-state index contributed by atoms with van der Waals surface area (Å²) in [6.45, 7) is 7.40. The van der Waals surface area contributed by atoms with Gasteiger partial charge in [0.2, 0.25) is 5.76 Å². The van der Waals surface area contributed by atoms with Crippen LogP contribution in [0.5, 0.6) is 0 Å². The molecule has 2 fully saturated rings. The van der Waals surface area contributed by atoms with Crippen molar-refractivity contribution in [2.75, 3.05) is 39.3 Å². The van der Waals surface area contributed by atoms with Crippen LogP contribution in [0.2, 0.25) is 0 Å². The molecule has 18 heavy (non-hydrogen) atoms. The predicted octanol–water partition coefficient (Wildman–Crippen LogP) is -0.287. The lowest BCUT2D eigenvalue weighted by Gasteiger charge is -2.43. The lowest BCUT2D eigenvalue weighted by molar-refractivity contribution is 0.0476. The van der Waals surface area contributed by atoms with Gasteiger partial charge in [0.15, 0.2) is 6.39 Å². The number of aromatic nitrogens is 1. The van der Waals surface area contributed by atoms with Crippen molar-refractivity contribution in [3.8, 4) is 0 Å². The van der Waals surface area contributed by atoms with Crippen molar-refractivity contribution in [1.29, 1.82) is 0 Å². The van der Waals surface area contributed by atoms with Crippen molar-refractivity contribution in [2.24, 2.45) is 0 Å². The third-order valence-corrected chi connectivity index (χ3v) is 3.82. The van der Waals surface area contributed by atoms with E-state index in [0.717, 1.165) is 39.3 Å². The van der Waals surface area contributed by atoms with Gasteiger partial charge >= 0.3 is 0 Å². The van der Waals surface area contributed by atoms with Crippen LogP contribution < -0.4 is 5.32 Å². The van der Waals surface area contributed by atoms with Crippen molar-refractivity contribution >= 4 is 5.91 Å². The molecular formula is C12H18N4O2. The summed E-state index contributed by atoms with van der Waals surface area (Å²) in [5, 5.41) is 3.28.